The van der Waals surface area contributed by atoms with Gasteiger partial charge in [-0.1, -0.05) is 48.5 Å². The number of amides is 2. The van der Waals surface area contributed by atoms with Gasteiger partial charge in [0.2, 0.25) is 17.3 Å². The molecule has 0 saturated carbocycles. The lowest BCUT2D eigenvalue weighted by molar-refractivity contribution is -0.144. The first-order valence-electron chi connectivity index (χ1n) is 10.0. The third-order valence-corrected chi connectivity index (χ3v) is 5.95. The molecule has 2 N–H and O–H groups in total. The van der Waals surface area contributed by atoms with Gasteiger partial charge >= 0.3 is 0 Å². The molecule has 158 valence electrons. The average molecular weight is 428 g/mol. The molecule has 0 unspecified atom stereocenters. The van der Waals surface area contributed by atoms with Gasteiger partial charge in [0.15, 0.2) is 0 Å². The van der Waals surface area contributed by atoms with E-state index in [2.05, 4.69) is 20.9 Å². The number of Topliss-reactive ketones (excluding diaryl/α,β-unsaturated/α-hetero) is 1. The fraction of sp³-hybridized carbons (Fsp3) is 0.136. The van der Waals surface area contributed by atoms with E-state index >= 15 is 0 Å². The van der Waals surface area contributed by atoms with Crippen molar-refractivity contribution in [3.05, 3.63) is 71.8 Å². The summed E-state index contributed by atoms with van der Waals surface area (Å²) in [4.78, 5) is 43.3. The van der Waals surface area contributed by atoms with Crippen LogP contribution in [0.15, 0.2) is 70.9 Å². The molecule has 10 nitrogen and oxygen atoms in total. The Morgan fingerprint density at radius 1 is 0.875 bits per heavy atom. The zero-order valence-electron chi connectivity index (χ0n) is 16.6. The summed E-state index contributed by atoms with van der Waals surface area (Å²) in [5.74, 6) is -1.62. The molecule has 32 heavy (non-hydrogen) atoms. The SMILES string of the molecule is O=C1C(=O)N2CCN(c3ccccc3)C(=O)[C@]23Nc2nonc2NC(c2ccccc2)=C13. The Bertz CT molecular complexity index is 1300. The maximum Gasteiger partial charge on any atom is 0.297 e. The summed E-state index contributed by atoms with van der Waals surface area (Å²) in [6, 6.07) is 18.1. The van der Waals surface area contributed by atoms with Gasteiger partial charge in [0, 0.05) is 18.8 Å². The van der Waals surface area contributed by atoms with Crippen LogP contribution in [-0.4, -0.2) is 51.6 Å². The molecule has 1 spiro atoms. The Balaban J connectivity index is 1.64. The maximum absolute atomic E-state index is 14.1. The number of aromatic nitrogens is 2. The number of nitrogens with zero attached hydrogens (tertiary/aromatic N) is 4. The van der Waals surface area contributed by atoms with Crippen molar-refractivity contribution in [3.63, 3.8) is 0 Å². The van der Waals surface area contributed by atoms with Gasteiger partial charge in [0.25, 0.3) is 17.6 Å². The second kappa shape index (κ2) is 6.51. The minimum atomic E-state index is -1.79. The second-order valence-corrected chi connectivity index (χ2v) is 7.62. The van der Waals surface area contributed by atoms with Crippen LogP contribution in [0.25, 0.3) is 5.70 Å². The van der Waals surface area contributed by atoms with Crippen molar-refractivity contribution >= 4 is 40.6 Å². The predicted octanol–water partition coefficient (Wildman–Crippen LogP) is 1.47. The lowest BCUT2D eigenvalue weighted by atomic mass is 9.91. The van der Waals surface area contributed by atoms with Crippen LogP contribution in [0.3, 0.4) is 0 Å². The van der Waals surface area contributed by atoms with E-state index in [1.165, 1.54) is 4.90 Å². The molecule has 3 aromatic rings. The number of anilines is 3. The highest BCUT2D eigenvalue weighted by molar-refractivity contribution is 6.50. The number of para-hydroxylation sites is 1. The van der Waals surface area contributed by atoms with E-state index in [-0.39, 0.29) is 30.3 Å². The van der Waals surface area contributed by atoms with Gasteiger partial charge in [-0.05, 0) is 28.0 Å². The van der Waals surface area contributed by atoms with Gasteiger partial charge in [-0.3, -0.25) is 19.3 Å². The van der Waals surface area contributed by atoms with E-state index in [0.717, 1.165) is 0 Å². The summed E-state index contributed by atoms with van der Waals surface area (Å²) in [6.07, 6.45) is 0. The topological polar surface area (TPSA) is 121 Å². The number of carbonyl (C=O) groups excluding carboxylic acids is 3. The molecule has 4 heterocycles. The Hall–Kier alpha value is -4.47. The molecular weight excluding hydrogens is 412 g/mol. The normalized spacial score (nSPS) is 22.1. The number of ketones is 1. The van der Waals surface area contributed by atoms with Crippen LogP contribution in [0.4, 0.5) is 17.3 Å². The van der Waals surface area contributed by atoms with E-state index in [9.17, 15) is 14.4 Å². The van der Waals surface area contributed by atoms with Crippen molar-refractivity contribution in [1.29, 1.82) is 0 Å². The number of hydrogen-bond acceptors (Lipinski definition) is 8. The quantitative estimate of drug-likeness (QED) is 0.589. The van der Waals surface area contributed by atoms with Crippen LogP contribution < -0.4 is 15.5 Å². The van der Waals surface area contributed by atoms with Crippen LogP contribution in [0.2, 0.25) is 0 Å². The highest BCUT2D eigenvalue weighted by atomic mass is 16.6. The molecule has 2 fully saturated rings. The first kappa shape index (κ1) is 18.3. The van der Waals surface area contributed by atoms with Gasteiger partial charge in [0.05, 0.1) is 11.3 Å². The van der Waals surface area contributed by atoms with E-state index in [1.807, 2.05) is 36.4 Å². The van der Waals surface area contributed by atoms with Crippen molar-refractivity contribution in [1.82, 2.24) is 15.2 Å². The highest BCUT2D eigenvalue weighted by Crippen LogP contribution is 2.45. The molecule has 0 bridgehead atoms. The lowest BCUT2D eigenvalue weighted by Crippen LogP contribution is -2.68. The third-order valence-electron chi connectivity index (χ3n) is 5.95. The molecular formula is C22H16N6O4. The summed E-state index contributed by atoms with van der Waals surface area (Å²) < 4.78 is 4.87. The Labute approximate surface area is 181 Å². The molecule has 0 radical (unpaired) electrons. The number of hydrogen-bond donors (Lipinski definition) is 2. The Morgan fingerprint density at radius 2 is 1.56 bits per heavy atom. The standard InChI is InChI=1S/C22H16N6O4/c29-17-15-16(13-7-3-1-4-8-13)23-18-19(26-32-25-18)24-22(15)21(31)27(11-12-28(22)20(17)30)14-9-5-2-6-10-14/h1-10H,11-12H2,(H,23,25)(H,24,26)/t22-/m1/s1. The minimum absolute atomic E-state index is 0.0131. The van der Waals surface area contributed by atoms with Crippen molar-refractivity contribution in [2.45, 2.75) is 5.66 Å². The fourth-order valence-electron chi connectivity index (χ4n) is 4.53. The van der Waals surface area contributed by atoms with E-state index in [0.29, 0.717) is 16.9 Å². The van der Waals surface area contributed by atoms with E-state index < -0.39 is 23.3 Å². The number of rotatable bonds is 2. The molecule has 6 rings (SSSR count). The summed E-state index contributed by atoms with van der Waals surface area (Å²) in [5, 5.41) is 13.8. The second-order valence-electron chi connectivity index (χ2n) is 7.62. The molecule has 3 aliphatic rings. The largest absolute Gasteiger partial charge is 0.333 e. The number of nitrogens with one attached hydrogen (secondary N) is 2. The zero-order chi connectivity index (χ0) is 21.9. The average Bonchev–Trinajstić information content (AvgIpc) is 3.30. The van der Waals surface area contributed by atoms with E-state index in [1.54, 1.807) is 29.2 Å². The molecule has 1 atom stereocenters. The summed E-state index contributed by atoms with van der Waals surface area (Å²) >= 11 is 0. The van der Waals surface area contributed by atoms with Crippen LogP contribution in [-0.2, 0) is 14.4 Å². The van der Waals surface area contributed by atoms with Gasteiger partial charge in [-0.25, -0.2) is 4.63 Å². The zero-order valence-corrected chi connectivity index (χ0v) is 16.6. The third kappa shape index (κ3) is 2.31. The van der Waals surface area contributed by atoms with Gasteiger partial charge < -0.3 is 15.5 Å². The highest BCUT2D eigenvalue weighted by Gasteiger charge is 2.65. The number of fused-ring (bicyclic) bond motifs is 1. The summed E-state index contributed by atoms with van der Waals surface area (Å²) in [7, 11) is 0. The Kier molecular flexibility index (Phi) is 3.73. The molecule has 1 aromatic heterocycles. The fourth-order valence-corrected chi connectivity index (χ4v) is 4.53. The van der Waals surface area contributed by atoms with Crippen molar-refractivity contribution in [2.24, 2.45) is 0 Å². The monoisotopic (exact) mass is 428 g/mol. The first-order chi connectivity index (χ1) is 15.6. The predicted molar refractivity (Wildman–Crippen MR) is 113 cm³/mol. The van der Waals surface area contributed by atoms with Crippen LogP contribution in [0.5, 0.6) is 0 Å². The molecule has 2 aromatic carbocycles. The Morgan fingerprint density at radius 3 is 2.31 bits per heavy atom. The van der Waals surface area contributed by atoms with Gasteiger partial charge in [-0.15, -0.1) is 0 Å². The molecule has 2 amide bonds. The molecule has 10 heteroatoms. The number of carbonyl (C=O) groups is 3. The first-order valence-corrected chi connectivity index (χ1v) is 10.0. The van der Waals surface area contributed by atoms with Crippen molar-refractivity contribution < 1.29 is 19.0 Å². The minimum Gasteiger partial charge on any atom is -0.333 e. The summed E-state index contributed by atoms with van der Waals surface area (Å²) in [5.41, 5.74) is -0.191. The maximum atomic E-state index is 14.1. The lowest BCUT2D eigenvalue weighted by Gasteiger charge is -2.45. The number of piperazine rings is 1. The number of benzene rings is 2. The smallest absolute Gasteiger partial charge is 0.297 e. The van der Waals surface area contributed by atoms with E-state index in [4.69, 9.17) is 4.63 Å². The van der Waals surface area contributed by atoms with Crippen LogP contribution in [0, 0.1) is 0 Å². The van der Waals surface area contributed by atoms with Crippen LogP contribution >= 0.6 is 0 Å². The molecule has 3 aliphatic heterocycles. The van der Waals surface area contributed by atoms with Crippen molar-refractivity contribution in [3.8, 4) is 0 Å². The van der Waals surface area contributed by atoms with Gasteiger partial charge in [0.1, 0.15) is 0 Å². The van der Waals surface area contributed by atoms with Crippen molar-refractivity contribution in [2.75, 3.05) is 28.6 Å². The molecule has 0 aliphatic carbocycles. The molecule has 2 saturated heterocycles. The summed E-state index contributed by atoms with van der Waals surface area (Å²) in [6.45, 7) is 0.404. The van der Waals surface area contributed by atoms with Crippen LogP contribution in [0.1, 0.15) is 5.56 Å². The van der Waals surface area contributed by atoms with Gasteiger partial charge in [-0.2, -0.15) is 0 Å².